The van der Waals surface area contributed by atoms with Gasteiger partial charge in [0.2, 0.25) is 0 Å². The standard InChI is InChI=1S/C13H27NO/c1-3-4-5-6-7-8-9-10-11-13(2)12-14-15/h13H,3-12H2,1-2H3. The molecule has 0 aromatic rings. The van der Waals surface area contributed by atoms with Gasteiger partial charge in [-0.3, -0.25) is 0 Å². The van der Waals surface area contributed by atoms with E-state index < -0.39 is 0 Å². The first kappa shape index (κ1) is 14.6. The van der Waals surface area contributed by atoms with Crippen molar-refractivity contribution >= 4 is 0 Å². The van der Waals surface area contributed by atoms with E-state index in [4.69, 9.17) is 0 Å². The van der Waals surface area contributed by atoms with Gasteiger partial charge in [0.25, 0.3) is 0 Å². The highest BCUT2D eigenvalue weighted by atomic mass is 16.3. The van der Waals surface area contributed by atoms with E-state index in [9.17, 15) is 4.91 Å². The average Bonchev–Trinajstić information content (AvgIpc) is 2.22. The third-order valence-electron chi connectivity index (χ3n) is 2.94. The number of nitroso groups, excluding NO2 is 1. The zero-order chi connectivity index (χ0) is 11.4. The quantitative estimate of drug-likeness (QED) is 0.354. The van der Waals surface area contributed by atoms with Gasteiger partial charge in [-0.2, -0.15) is 4.91 Å². The molecule has 1 atom stereocenters. The topological polar surface area (TPSA) is 29.4 Å². The first-order chi connectivity index (χ1) is 7.31. The molecule has 0 fully saturated rings. The van der Waals surface area contributed by atoms with Crippen molar-refractivity contribution < 1.29 is 0 Å². The first-order valence-electron chi connectivity index (χ1n) is 6.60. The fraction of sp³-hybridized carbons (Fsp3) is 1.00. The highest BCUT2D eigenvalue weighted by molar-refractivity contribution is 4.56. The van der Waals surface area contributed by atoms with Gasteiger partial charge in [0.15, 0.2) is 0 Å². The van der Waals surface area contributed by atoms with Crippen molar-refractivity contribution in [3.63, 3.8) is 0 Å². The van der Waals surface area contributed by atoms with Crippen molar-refractivity contribution in [3.8, 4) is 0 Å². The zero-order valence-corrected chi connectivity index (χ0v) is 10.5. The van der Waals surface area contributed by atoms with Crippen molar-refractivity contribution in [1.29, 1.82) is 0 Å². The molecular weight excluding hydrogens is 186 g/mol. The van der Waals surface area contributed by atoms with Crippen LogP contribution in [0.1, 0.15) is 71.6 Å². The molecule has 0 aliphatic rings. The summed E-state index contributed by atoms with van der Waals surface area (Å²) in [5.41, 5.74) is 0. The van der Waals surface area contributed by atoms with E-state index in [1.807, 2.05) is 0 Å². The van der Waals surface area contributed by atoms with Gasteiger partial charge in [-0.25, -0.2) is 0 Å². The maximum atomic E-state index is 10.0. The lowest BCUT2D eigenvalue weighted by atomic mass is 10.0. The predicted molar refractivity (Wildman–Crippen MR) is 67.1 cm³/mol. The molecule has 0 saturated heterocycles. The van der Waals surface area contributed by atoms with Crippen LogP contribution >= 0.6 is 0 Å². The van der Waals surface area contributed by atoms with Crippen LogP contribution in [0.2, 0.25) is 0 Å². The molecular formula is C13H27NO. The number of rotatable bonds is 11. The summed E-state index contributed by atoms with van der Waals surface area (Å²) in [5, 5.41) is 2.93. The lowest BCUT2D eigenvalue weighted by Gasteiger charge is -2.06. The number of nitrogens with zero attached hydrogens (tertiary/aromatic N) is 1. The van der Waals surface area contributed by atoms with Crippen LogP contribution < -0.4 is 0 Å². The smallest absolute Gasteiger partial charge is 0.0836 e. The summed E-state index contributed by atoms with van der Waals surface area (Å²) in [6, 6.07) is 0. The second kappa shape index (κ2) is 11.7. The van der Waals surface area contributed by atoms with Gasteiger partial charge in [-0.05, 0) is 12.3 Å². The van der Waals surface area contributed by atoms with Gasteiger partial charge < -0.3 is 0 Å². The molecule has 0 aliphatic heterocycles. The molecule has 0 radical (unpaired) electrons. The highest BCUT2D eigenvalue weighted by Crippen LogP contribution is 2.13. The number of hydrogen-bond acceptors (Lipinski definition) is 2. The van der Waals surface area contributed by atoms with Crippen LogP contribution in [0.4, 0.5) is 0 Å². The van der Waals surface area contributed by atoms with Crippen LogP contribution in [0.3, 0.4) is 0 Å². The summed E-state index contributed by atoms with van der Waals surface area (Å²) >= 11 is 0. The monoisotopic (exact) mass is 213 g/mol. The van der Waals surface area contributed by atoms with Gasteiger partial charge in [-0.15, -0.1) is 0 Å². The van der Waals surface area contributed by atoms with Crippen LogP contribution in [0.25, 0.3) is 0 Å². The minimum absolute atomic E-state index is 0.489. The lowest BCUT2D eigenvalue weighted by Crippen LogP contribution is -1.98. The maximum absolute atomic E-state index is 10.0. The van der Waals surface area contributed by atoms with Crippen molar-refractivity contribution in [2.24, 2.45) is 11.1 Å². The Balaban J connectivity index is 3.01. The minimum Gasteiger partial charge on any atom is -0.151 e. The Labute approximate surface area is 94.8 Å². The molecule has 2 heteroatoms. The summed E-state index contributed by atoms with van der Waals surface area (Å²) < 4.78 is 0. The summed E-state index contributed by atoms with van der Waals surface area (Å²) in [5.74, 6) is 0.489. The lowest BCUT2D eigenvalue weighted by molar-refractivity contribution is 0.487. The normalized spacial score (nSPS) is 12.7. The molecule has 0 saturated carbocycles. The van der Waals surface area contributed by atoms with Gasteiger partial charge in [0.1, 0.15) is 0 Å². The van der Waals surface area contributed by atoms with Crippen LogP contribution in [-0.2, 0) is 0 Å². The highest BCUT2D eigenvalue weighted by Gasteiger charge is 2.00. The Morgan fingerprint density at radius 3 is 2.00 bits per heavy atom. The molecule has 0 aromatic heterocycles. The molecule has 1 unspecified atom stereocenters. The Hall–Kier alpha value is -0.400. The molecule has 0 heterocycles. The van der Waals surface area contributed by atoms with Crippen molar-refractivity contribution in [2.45, 2.75) is 71.6 Å². The summed E-state index contributed by atoms with van der Waals surface area (Å²) in [4.78, 5) is 10.0. The third kappa shape index (κ3) is 11.5. The van der Waals surface area contributed by atoms with E-state index in [2.05, 4.69) is 19.0 Å². The van der Waals surface area contributed by atoms with Gasteiger partial charge in [0.05, 0.1) is 6.54 Å². The minimum atomic E-state index is 0.489. The fourth-order valence-electron chi connectivity index (χ4n) is 1.85. The molecule has 0 bridgehead atoms. The SMILES string of the molecule is CCCCCCCCCCC(C)CN=O. The Morgan fingerprint density at radius 1 is 0.933 bits per heavy atom. The van der Waals surface area contributed by atoms with Crippen molar-refractivity contribution in [3.05, 3.63) is 4.91 Å². The van der Waals surface area contributed by atoms with Gasteiger partial charge in [0, 0.05) is 0 Å². The largest absolute Gasteiger partial charge is 0.151 e. The molecule has 0 aliphatic carbocycles. The van der Waals surface area contributed by atoms with Crippen LogP contribution in [-0.4, -0.2) is 6.54 Å². The Morgan fingerprint density at radius 2 is 1.47 bits per heavy atom. The van der Waals surface area contributed by atoms with Gasteiger partial charge in [-0.1, -0.05) is 70.4 Å². The van der Waals surface area contributed by atoms with E-state index in [1.54, 1.807) is 0 Å². The zero-order valence-electron chi connectivity index (χ0n) is 10.5. The number of hydrogen-bond donors (Lipinski definition) is 0. The average molecular weight is 213 g/mol. The second-order valence-corrected chi connectivity index (χ2v) is 4.68. The molecule has 0 N–H and O–H groups in total. The van der Waals surface area contributed by atoms with E-state index in [-0.39, 0.29) is 0 Å². The number of unbranched alkanes of at least 4 members (excludes halogenated alkanes) is 7. The fourth-order valence-corrected chi connectivity index (χ4v) is 1.85. The molecule has 0 amide bonds. The second-order valence-electron chi connectivity index (χ2n) is 4.68. The molecule has 2 nitrogen and oxygen atoms in total. The molecule has 0 spiro atoms. The Kier molecular flexibility index (Phi) is 11.4. The van der Waals surface area contributed by atoms with Crippen molar-refractivity contribution in [2.75, 3.05) is 6.54 Å². The molecule has 15 heavy (non-hydrogen) atoms. The first-order valence-corrected chi connectivity index (χ1v) is 6.60. The summed E-state index contributed by atoms with van der Waals surface area (Å²) in [6.07, 6.45) is 12.0. The summed E-state index contributed by atoms with van der Waals surface area (Å²) in [7, 11) is 0. The predicted octanol–water partition coefficient (Wildman–Crippen LogP) is 4.92. The van der Waals surface area contributed by atoms with Crippen molar-refractivity contribution in [1.82, 2.24) is 0 Å². The van der Waals surface area contributed by atoms with E-state index in [0.717, 1.165) is 0 Å². The van der Waals surface area contributed by atoms with Crippen LogP contribution in [0.15, 0.2) is 5.18 Å². The molecule has 0 rings (SSSR count). The van der Waals surface area contributed by atoms with E-state index in [0.29, 0.717) is 12.5 Å². The molecule has 0 aromatic carbocycles. The van der Waals surface area contributed by atoms with E-state index >= 15 is 0 Å². The van der Waals surface area contributed by atoms with Gasteiger partial charge >= 0.3 is 0 Å². The van der Waals surface area contributed by atoms with Crippen LogP contribution in [0.5, 0.6) is 0 Å². The third-order valence-corrected chi connectivity index (χ3v) is 2.94. The maximum Gasteiger partial charge on any atom is 0.0836 e. The van der Waals surface area contributed by atoms with E-state index in [1.165, 1.54) is 57.8 Å². The van der Waals surface area contributed by atoms with Crippen LogP contribution in [0, 0.1) is 10.8 Å². The molecule has 90 valence electrons. The Bertz CT molecular complexity index is 136. The summed E-state index contributed by atoms with van der Waals surface area (Å²) in [6.45, 7) is 4.86.